The number of anilines is 1. The summed E-state index contributed by atoms with van der Waals surface area (Å²) in [5, 5.41) is 8.36. The molecule has 0 amide bonds. The maximum atomic E-state index is 12.3. The van der Waals surface area contributed by atoms with Gasteiger partial charge in [0.2, 0.25) is 0 Å². The van der Waals surface area contributed by atoms with Crippen molar-refractivity contribution in [1.82, 2.24) is 5.16 Å². The Hall–Kier alpha value is -2.66. The Morgan fingerprint density at radius 1 is 1.16 bits per heavy atom. The number of aromatic nitrogens is 1. The molecule has 0 saturated carbocycles. The van der Waals surface area contributed by atoms with Gasteiger partial charge in [-0.25, -0.2) is 0 Å². The van der Waals surface area contributed by atoms with Gasteiger partial charge in [0.25, 0.3) is 0 Å². The van der Waals surface area contributed by atoms with Gasteiger partial charge >= 0.3 is 0 Å². The smallest absolute Gasteiger partial charge is 0.198 e. The molecule has 0 aliphatic carbocycles. The average molecular weight is 338 g/mol. The van der Waals surface area contributed by atoms with E-state index in [0.29, 0.717) is 30.0 Å². The van der Waals surface area contributed by atoms with Crippen LogP contribution in [0.2, 0.25) is 0 Å². The van der Waals surface area contributed by atoms with Gasteiger partial charge in [-0.1, -0.05) is 36.3 Å². The Bertz CT molecular complexity index is 887. The predicted molar refractivity (Wildman–Crippen MR) is 97.7 cm³/mol. The van der Waals surface area contributed by atoms with Gasteiger partial charge in [0.1, 0.15) is 5.52 Å². The van der Waals surface area contributed by atoms with Gasteiger partial charge in [0.05, 0.1) is 0 Å². The second-order valence-corrected chi connectivity index (χ2v) is 5.94. The molecule has 5 nitrogen and oxygen atoms in total. The van der Waals surface area contributed by atoms with E-state index >= 15 is 0 Å². The summed E-state index contributed by atoms with van der Waals surface area (Å²) in [6.07, 6.45) is 0.440. The van der Waals surface area contributed by atoms with Crippen LogP contribution >= 0.6 is 0 Å². The number of hydrogen-bond acceptors (Lipinski definition) is 5. The number of nitrogens with one attached hydrogen (secondary N) is 1. The third-order valence-electron chi connectivity index (χ3n) is 4.17. The van der Waals surface area contributed by atoms with Crippen molar-refractivity contribution in [2.24, 2.45) is 0 Å². The first-order chi connectivity index (χ1) is 12.1. The molecule has 130 valence electrons. The molecule has 0 saturated heterocycles. The van der Waals surface area contributed by atoms with Crippen LogP contribution in [0.1, 0.15) is 43.3 Å². The first-order valence-electron chi connectivity index (χ1n) is 8.48. The number of Topliss-reactive ketones (excluding diaryl/α,β-unsaturated/α-hetero) is 1. The third kappa shape index (κ3) is 3.28. The fraction of sp³-hybridized carbons (Fsp3) is 0.300. The Labute approximate surface area is 147 Å². The lowest BCUT2D eigenvalue weighted by molar-refractivity contribution is -0.0240. The summed E-state index contributed by atoms with van der Waals surface area (Å²) in [5.74, 6) is 0.660. The lowest BCUT2D eigenvalue weighted by Gasteiger charge is -2.30. The molecule has 0 unspecified atom stereocenters. The number of ether oxygens (including phenoxy) is 1. The molecule has 0 aliphatic heterocycles. The zero-order chi connectivity index (χ0) is 17.9. The van der Waals surface area contributed by atoms with Gasteiger partial charge in [0.15, 0.2) is 17.3 Å². The van der Waals surface area contributed by atoms with E-state index in [9.17, 15) is 4.79 Å². The first-order valence-corrected chi connectivity index (χ1v) is 8.48. The molecule has 0 aliphatic rings. The second-order valence-electron chi connectivity index (χ2n) is 5.94. The lowest BCUT2D eigenvalue weighted by Crippen LogP contribution is -2.35. The molecule has 5 heteroatoms. The number of ketones is 1. The van der Waals surface area contributed by atoms with Gasteiger partial charge in [-0.3, -0.25) is 4.79 Å². The minimum absolute atomic E-state index is 0.0735. The van der Waals surface area contributed by atoms with Crippen molar-refractivity contribution in [2.45, 2.75) is 32.9 Å². The third-order valence-corrected chi connectivity index (χ3v) is 4.17. The van der Waals surface area contributed by atoms with E-state index in [2.05, 4.69) is 10.5 Å². The molecule has 2 aromatic carbocycles. The summed E-state index contributed by atoms with van der Waals surface area (Å²) >= 11 is 0. The number of benzene rings is 2. The van der Waals surface area contributed by atoms with Crippen LogP contribution in [0, 0.1) is 0 Å². The van der Waals surface area contributed by atoms with Crippen molar-refractivity contribution in [2.75, 3.05) is 11.9 Å². The summed E-state index contributed by atoms with van der Waals surface area (Å²) in [5.41, 5.74) is 1.17. The van der Waals surface area contributed by atoms with Crippen LogP contribution in [-0.4, -0.2) is 17.5 Å². The van der Waals surface area contributed by atoms with E-state index in [4.69, 9.17) is 9.26 Å². The monoisotopic (exact) mass is 338 g/mol. The summed E-state index contributed by atoms with van der Waals surface area (Å²) in [6.45, 7) is 6.13. The summed E-state index contributed by atoms with van der Waals surface area (Å²) < 4.78 is 11.6. The van der Waals surface area contributed by atoms with Crippen LogP contribution in [0.3, 0.4) is 0 Å². The Kier molecular flexibility index (Phi) is 4.86. The number of carbonyl (C=O) groups excluding carboxylic acids is 1. The highest BCUT2D eigenvalue weighted by Gasteiger charge is 2.34. The van der Waals surface area contributed by atoms with E-state index < -0.39 is 5.72 Å². The van der Waals surface area contributed by atoms with Crippen molar-refractivity contribution in [3.63, 3.8) is 0 Å². The highest BCUT2D eigenvalue weighted by molar-refractivity contribution is 6.01. The number of carbonyl (C=O) groups is 1. The van der Waals surface area contributed by atoms with Gasteiger partial charge in [-0.2, -0.15) is 0 Å². The topological polar surface area (TPSA) is 64.4 Å². The van der Waals surface area contributed by atoms with E-state index in [1.54, 1.807) is 0 Å². The Balaban J connectivity index is 2.06. The number of hydrogen-bond donors (Lipinski definition) is 1. The molecule has 3 rings (SSSR count). The van der Waals surface area contributed by atoms with Gasteiger partial charge in [-0.15, -0.1) is 0 Å². The molecule has 0 spiro atoms. The quantitative estimate of drug-likeness (QED) is 0.498. The summed E-state index contributed by atoms with van der Waals surface area (Å²) in [7, 11) is 0. The highest BCUT2D eigenvalue weighted by Crippen LogP contribution is 2.34. The fourth-order valence-electron chi connectivity index (χ4n) is 2.96. The lowest BCUT2D eigenvalue weighted by atomic mass is 10.0. The minimum Gasteiger partial charge on any atom is -0.355 e. The molecule has 1 N–H and O–H groups in total. The fourth-order valence-corrected chi connectivity index (χ4v) is 2.96. The molecule has 0 bridgehead atoms. The molecule has 1 heterocycles. The highest BCUT2D eigenvalue weighted by atomic mass is 16.5. The van der Waals surface area contributed by atoms with Crippen LogP contribution in [0.5, 0.6) is 0 Å². The molecule has 3 aromatic rings. The van der Waals surface area contributed by atoms with Crippen LogP contribution in [0.15, 0.2) is 53.1 Å². The zero-order valence-electron chi connectivity index (χ0n) is 14.7. The zero-order valence-corrected chi connectivity index (χ0v) is 14.7. The molecule has 1 atom stereocenters. The molecule has 1 aromatic heterocycles. The summed E-state index contributed by atoms with van der Waals surface area (Å²) in [4.78, 5) is 12.3. The standard InChI is InChI=1S/C20H22N2O3/c1-4-18(23)14-10-6-8-12-16(14)21-20(3,24-5-2)19-15-11-7-9-13-17(15)22-25-19/h6-13,21H,4-5H2,1-3H3/t20-/m1/s1. The number of fused-ring (bicyclic) bond motifs is 1. The maximum absolute atomic E-state index is 12.3. The SMILES string of the molecule is CCO[C@@](C)(Nc1ccccc1C(=O)CC)c1onc2ccccc12. The maximum Gasteiger partial charge on any atom is 0.198 e. The molecule has 25 heavy (non-hydrogen) atoms. The number of rotatable bonds is 7. The van der Waals surface area contributed by atoms with Crippen molar-refractivity contribution >= 4 is 22.4 Å². The van der Waals surface area contributed by atoms with Crippen LogP contribution < -0.4 is 5.32 Å². The summed E-state index contributed by atoms with van der Waals surface area (Å²) in [6, 6.07) is 15.1. The molecule has 0 radical (unpaired) electrons. The normalized spacial score (nSPS) is 13.6. The molecule has 0 fully saturated rings. The minimum atomic E-state index is -0.949. The van der Waals surface area contributed by atoms with Crippen LogP contribution in [-0.2, 0) is 10.5 Å². The van der Waals surface area contributed by atoms with E-state index in [0.717, 1.165) is 10.9 Å². The van der Waals surface area contributed by atoms with Crippen molar-refractivity contribution in [3.05, 3.63) is 59.9 Å². The first kappa shape index (κ1) is 17.2. The van der Waals surface area contributed by atoms with Crippen molar-refractivity contribution in [3.8, 4) is 0 Å². The molecular weight excluding hydrogens is 316 g/mol. The van der Waals surface area contributed by atoms with E-state index in [1.807, 2.05) is 69.3 Å². The Morgan fingerprint density at radius 3 is 2.64 bits per heavy atom. The number of para-hydroxylation sites is 1. The van der Waals surface area contributed by atoms with Gasteiger partial charge in [0, 0.05) is 29.7 Å². The average Bonchev–Trinajstić information content (AvgIpc) is 3.06. The van der Waals surface area contributed by atoms with Gasteiger partial charge < -0.3 is 14.6 Å². The number of nitrogens with zero attached hydrogens (tertiary/aromatic N) is 1. The molecular formula is C20H22N2O3. The van der Waals surface area contributed by atoms with Crippen molar-refractivity contribution in [1.29, 1.82) is 0 Å². The van der Waals surface area contributed by atoms with Gasteiger partial charge in [-0.05, 0) is 38.1 Å². The largest absolute Gasteiger partial charge is 0.355 e. The van der Waals surface area contributed by atoms with Crippen molar-refractivity contribution < 1.29 is 14.1 Å². The van der Waals surface area contributed by atoms with Crippen LogP contribution in [0.25, 0.3) is 10.9 Å². The second kappa shape index (κ2) is 7.07. The van der Waals surface area contributed by atoms with E-state index in [1.165, 1.54) is 0 Å². The predicted octanol–water partition coefficient (Wildman–Crippen LogP) is 4.74. The van der Waals surface area contributed by atoms with Crippen LogP contribution in [0.4, 0.5) is 5.69 Å². The van der Waals surface area contributed by atoms with E-state index in [-0.39, 0.29) is 5.78 Å². The Morgan fingerprint density at radius 2 is 1.88 bits per heavy atom.